The van der Waals surface area contributed by atoms with Gasteiger partial charge in [-0.25, -0.2) is 0 Å². The Hall–Kier alpha value is -1.85. The highest BCUT2D eigenvalue weighted by atomic mass is 35.5. The molecule has 6 heteroatoms. The highest BCUT2D eigenvalue weighted by Crippen LogP contribution is 2.34. The summed E-state index contributed by atoms with van der Waals surface area (Å²) in [5.74, 6) is 0.486. The number of amides is 1. The molecule has 1 saturated heterocycles. The monoisotopic (exact) mass is 373 g/mol. The summed E-state index contributed by atoms with van der Waals surface area (Å²) in [6, 6.07) is 7.65. The van der Waals surface area contributed by atoms with Gasteiger partial charge >= 0.3 is 0 Å². The van der Waals surface area contributed by atoms with Crippen molar-refractivity contribution in [2.45, 2.75) is 44.1 Å². The van der Waals surface area contributed by atoms with E-state index in [1.807, 2.05) is 29.2 Å². The molecule has 1 aromatic heterocycles. The lowest BCUT2D eigenvalue weighted by molar-refractivity contribution is -0.0228. The van der Waals surface area contributed by atoms with Gasteiger partial charge < -0.3 is 9.64 Å². The Bertz CT molecular complexity index is 753. The zero-order chi connectivity index (χ0) is 17.9. The fourth-order valence-corrected chi connectivity index (χ4v) is 4.18. The number of rotatable bonds is 3. The highest BCUT2D eigenvalue weighted by molar-refractivity contribution is 6.30. The normalized spacial score (nSPS) is 21.7. The molecule has 2 aliphatic rings. The van der Waals surface area contributed by atoms with Crippen molar-refractivity contribution >= 4 is 17.5 Å². The molecule has 0 bridgehead atoms. The van der Waals surface area contributed by atoms with E-state index in [0.717, 1.165) is 29.7 Å². The van der Waals surface area contributed by atoms with Crippen LogP contribution < -0.4 is 0 Å². The van der Waals surface area contributed by atoms with Crippen molar-refractivity contribution in [1.82, 2.24) is 15.1 Å². The molecule has 2 fully saturated rings. The first kappa shape index (κ1) is 17.6. The molecule has 1 aromatic carbocycles. The Kier molecular flexibility index (Phi) is 5.27. The molecule has 1 atom stereocenters. The number of benzene rings is 1. The minimum absolute atomic E-state index is 0.0570. The Morgan fingerprint density at radius 1 is 1.19 bits per heavy atom. The summed E-state index contributed by atoms with van der Waals surface area (Å²) >= 11 is 5.97. The number of aromatic amines is 1. The number of morpholine rings is 1. The van der Waals surface area contributed by atoms with E-state index in [-0.39, 0.29) is 12.0 Å². The van der Waals surface area contributed by atoms with Crippen LogP contribution in [0.25, 0.3) is 0 Å². The molecule has 2 heterocycles. The van der Waals surface area contributed by atoms with E-state index >= 15 is 0 Å². The Balaban J connectivity index is 1.49. The molecular weight excluding hydrogens is 350 g/mol. The molecule has 0 spiro atoms. The molecule has 26 heavy (non-hydrogen) atoms. The van der Waals surface area contributed by atoms with Crippen molar-refractivity contribution in [1.29, 1.82) is 0 Å². The molecule has 1 aliphatic carbocycles. The van der Waals surface area contributed by atoms with Crippen LogP contribution in [0.15, 0.2) is 30.5 Å². The molecule has 0 unspecified atom stereocenters. The van der Waals surface area contributed by atoms with Crippen LogP contribution in [0.4, 0.5) is 0 Å². The maximum absolute atomic E-state index is 13.1. The van der Waals surface area contributed by atoms with Crippen LogP contribution >= 0.6 is 11.6 Å². The van der Waals surface area contributed by atoms with Crippen LogP contribution in [0, 0.1) is 0 Å². The number of nitrogens with zero attached hydrogens (tertiary/aromatic N) is 2. The van der Waals surface area contributed by atoms with Gasteiger partial charge in [-0.3, -0.25) is 9.89 Å². The number of hydrogen-bond acceptors (Lipinski definition) is 3. The van der Waals surface area contributed by atoms with Gasteiger partial charge in [0.25, 0.3) is 5.91 Å². The lowest BCUT2D eigenvalue weighted by Gasteiger charge is -2.33. The maximum atomic E-state index is 13.1. The quantitative estimate of drug-likeness (QED) is 0.871. The van der Waals surface area contributed by atoms with E-state index in [1.54, 1.807) is 6.20 Å². The van der Waals surface area contributed by atoms with Gasteiger partial charge in [0.05, 0.1) is 30.6 Å². The summed E-state index contributed by atoms with van der Waals surface area (Å²) in [5.41, 5.74) is 2.80. The lowest BCUT2D eigenvalue weighted by atomic mass is 9.85. The third-order valence-corrected chi connectivity index (χ3v) is 5.76. The largest absolute Gasteiger partial charge is 0.370 e. The summed E-state index contributed by atoms with van der Waals surface area (Å²) in [6.07, 6.45) is 7.60. The van der Waals surface area contributed by atoms with Crippen molar-refractivity contribution < 1.29 is 9.53 Å². The molecule has 4 rings (SSSR count). The van der Waals surface area contributed by atoms with Gasteiger partial charge in [0.1, 0.15) is 6.10 Å². The molecule has 2 aromatic rings. The summed E-state index contributed by atoms with van der Waals surface area (Å²) in [6.45, 7) is 1.70. The second kappa shape index (κ2) is 7.80. The number of aromatic nitrogens is 2. The van der Waals surface area contributed by atoms with Crippen molar-refractivity contribution in [2.24, 2.45) is 0 Å². The number of hydrogen-bond donors (Lipinski definition) is 1. The van der Waals surface area contributed by atoms with Crippen molar-refractivity contribution in [3.05, 3.63) is 52.3 Å². The molecule has 1 saturated carbocycles. The highest BCUT2D eigenvalue weighted by Gasteiger charge is 2.30. The van der Waals surface area contributed by atoms with Crippen LogP contribution in [0.1, 0.15) is 65.7 Å². The van der Waals surface area contributed by atoms with E-state index in [4.69, 9.17) is 16.3 Å². The standard InChI is InChI=1S/C20H24ClN3O2/c21-16-8-6-14(7-9-16)18-13-24(10-11-26-18)20(25)17-12-22-23-19(17)15-4-2-1-3-5-15/h6-9,12,15,18H,1-5,10-11,13H2,(H,22,23)/t18-/m0/s1. The minimum atomic E-state index is -0.116. The second-order valence-electron chi connectivity index (χ2n) is 7.19. The predicted octanol–water partition coefficient (Wildman–Crippen LogP) is 4.32. The van der Waals surface area contributed by atoms with E-state index in [0.29, 0.717) is 30.6 Å². The van der Waals surface area contributed by atoms with Crippen LogP contribution in [-0.2, 0) is 4.74 Å². The van der Waals surface area contributed by atoms with Crippen molar-refractivity contribution in [2.75, 3.05) is 19.7 Å². The van der Waals surface area contributed by atoms with Crippen molar-refractivity contribution in [3.8, 4) is 0 Å². The number of carbonyl (C=O) groups excluding carboxylic acids is 1. The fourth-order valence-electron chi connectivity index (χ4n) is 4.05. The molecule has 5 nitrogen and oxygen atoms in total. The molecule has 1 aliphatic heterocycles. The molecule has 138 valence electrons. The van der Waals surface area contributed by atoms with E-state index < -0.39 is 0 Å². The SMILES string of the molecule is O=C(c1cn[nH]c1C1CCCCC1)N1CCO[C@H](c2ccc(Cl)cc2)C1. The van der Waals surface area contributed by atoms with Gasteiger partial charge in [-0.2, -0.15) is 5.10 Å². The molecule has 1 amide bonds. The topological polar surface area (TPSA) is 58.2 Å². The van der Waals surface area contributed by atoms with Gasteiger partial charge in [-0.1, -0.05) is 43.0 Å². The number of carbonyl (C=O) groups is 1. The number of ether oxygens (including phenoxy) is 1. The maximum Gasteiger partial charge on any atom is 0.257 e. The van der Waals surface area contributed by atoms with Crippen LogP contribution in [0.3, 0.4) is 0 Å². The van der Waals surface area contributed by atoms with Gasteiger partial charge in [0.15, 0.2) is 0 Å². The number of nitrogens with one attached hydrogen (secondary N) is 1. The summed E-state index contributed by atoms with van der Waals surface area (Å²) in [4.78, 5) is 15.0. The zero-order valence-electron chi connectivity index (χ0n) is 14.8. The zero-order valence-corrected chi connectivity index (χ0v) is 15.5. The summed E-state index contributed by atoms with van der Waals surface area (Å²) < 4.78 is 5.89. The first-order chi connectivity index (χ1) is 12.7. The van der Waals surface area contributed by atoms with Gasteiger partial charge in [-0.05, 0) is 30.5 Å². The molecule has 0 radical (unpaired) electrons. The van der Waals surface area contributed by atoms with Gasteiger partial charge in [-0.15, -0.1) is 0 Å². The summed E-state index contributed by atoms with van der Waals surface area (Å²) in [7, 11) is 0. The average molecular weight is 374 g/mol. The lowest BCUT2D eigenvalue weighted by Crippen LogP contribution is -2.42. The van der Waals surface area contributed by atoms with E-state index in [9.17, 15) is 4.79 Å². The Morgan fingerprint density at radius 3 is 2.73 bits per heavy atom. The number of halogens is 1. The molecule has 1 N–H and O–H groups in total. The average Bonchev–Trinajstić information content (AvgIpc) is 3.18. The fraction of sp³-hybridized carbons (Fsp3) is 0.500. The van der Waals surface area contributed by atoms with Gasteiger partial charge in [0, 0.05) is 17.5 Å². The third-order valence-electron chi connectivity index (χ3n) is 5.51. The first-order valence-corrected chi connectivity index (χ1v) is 9.80. The number of H-pyrrole nitrogens is 1. The van der Waals surface area contributed by atoms with E-state index in [2.05, 4.69) is 10.2 Å². The predicted molar refractivity (Wildman–Crippen MR) is 100 cm³/mol. The van der Waals surface area contributed by atoms with Crippen LogP contribution in [0.5, 0.6) is 0 Å². The minimum Gasteiger partial charge on any atom is -0.370 e. The smallest absolute Gasteiger partial charge is 0.257 e. The van der Waals surface area contributed by atoms with Crippen molar-refractivity contribution in [3.63, 3.8) is 0 Å². The van der Waals surface area contributed by atoms with Crippen LogP contribution in [0.2, 0.25) is 5.02 Å². The third kappa shape index (κ3) is 3.64. The van der Waals surface area contributed by atoms with Crippen LogP contribution in [-0.4, -0.2) is 40.7 Å². The second-order valence-corrected chi connectivity index (χ2v) is 7.63. The first-order valence-electron chi connectivity index (χ1n) is 9.42. The van der Waals surface area contributed by atoms with Gasteiger partial charge in [0.2, 0.25) is 0 Å². The van der Waals surface area contributed by atoms with E-state index in [1.165, 1.54) is 19.3 Å². The Morgan fingerprint density at radius 2 is 1.96 bits per heavy atom. The Labute approximate surface area is 158 Å². The summed E-state index contributed by atoms with van der Waals surface area (Å²) in [5, 5.41) is 7.98. The molecular formula is C20H24ClN3O2.